The summed E-state index contributed by atoms with van der Waals surface area (Å²) in [6, 6.07) is 0.638. The van der Waals surface area contributed by atoms with Gasteiger partial charge < -0.3 is 5.73 Å². The number of thiophene rings is 1. The highest BCUT2D eigenvalue weighted by molar-refractivity contribution is 7.08. The largest absolute Gasteiger partial charge is 0.329 e. The molecule has 0 aliphatic carbocycles. The third kappa shape index (κ3) is 1.77. The fourth-order valence-corrected chi connectivity index (χ4v) is 2.59. The quantitative estimate of drug-likeness (QED) is 0.795. The summed E-state index contributed by atoms with van der Waals surface area (Å²) >= 11 is 1.79. The first kappa shape index (κ1) is 9.19. The summed E-state index contributed by atoms with van der Waals surface area (Å²) in [4.78, 5) is 2.47. The van der Waals surface area contributed by atoms with Crippen LogP contribution in [0.25, 0.3) is 0 Å². The van der Waals surface area contributed by atoms with E-state index in [9.17, 15) is 0 Å². The van der Waals surface area contributed by atoms with Crippen molar-refractivity contribution >= 4 is 11.3 Å². The Hall–Kier alpha value is -0.380. The first-order valence-electron chi connectivity index (χ1n) is 4.77. The average molecular weight is 196 g/mol. The van der Waals surface area contributed by atoms with Crippen molar-refractivity contribution in [2.75, 3.05) is 13.1 Å². The third-order valence-electron chi connectivity index (χ3n) is 2.87. The molecule has 1 aromatic rings. The minimum absolute atomic E-state index is 0.638. The number of likely N-dealkylation sites (tertiary alicyclic amines) is 1. The maximum atomic E-state index is 5.65. The molecular weight excluding hydrogens is 180 g/mol. The van der Waals surface area contributed by atoms with Crippen molar-refractivity contribution in [1.29, 1.82) is 0 Å². The van der Waals surface area contributed by atoms with Crippen molar-refractivity contribution in [1.82, 2.24) is 4.90 Å². The molecule has 0 spiro atoms. The van der Waals surface area contributed by atoms with E-state index in [0.29, 0.717) is 6.04 Å². The molecule has 0 saturated carbocycles. The lowest BCUT2D eigenvalue weighted by Gasteiger charge is -2.40. The van der Waals surface area contributed by atoms with Gasteiger partial charge in [-0.1, -0.05) is 0 Å². The summed E-state index contributed by atoms with van der Waals surface area (Å²) < 4.78 is 0. The molecule has 0 radical (unpaired) electrons. The van der Waals surface area contributed by atoms with Crippen LogP contribution in [0.1, 0.15) is 17.5 Å². The monoisotopic (exact) mass is 196 g/mol. The molecule has 2 nitrogen and oxygen atoms in total. The van der Waals surface area contributed by atoms with Crippen LogP contribution in [0.5, 0.6) is 0 Å². The first-order valence-corrected chi connectivity index (χ1v) is 5.71. The standard InChI is InChI=1S/C10H16N2S/c1-8-6-13-7-9(8)5-12-3-2-10(12)4-11/h6-7,10H,2-5,11H2,1H3. The summed E-state index contributed by atoms with van der Waals surface area (Å²) in [5.41, 5.74) is 8.55. The van der Waals surface area contributed by atoms with Crippen LogP contribution >= 0.6 is 11.3 Å². The summed E-state index contributed by atoms with van der Waals surface area (Å²) in [6.07, 6.45) is 1.28. The zero-order chi connectivity index (χ0) is 9.26. The van der Waals surface area contributed by atoms with Crippen molar-refractivity contribution < 1.29 is 0 Å². The molecule has 1 aliphatic heterocycles. The van der Waals surface area contributed by atoms with Gasteiger partial charge in [-0.25, -0.2) is 0 Å². The van der Waals surface area contributed by atoms with Crippen molar-refractivity contribution in [3.63, 3.8) is 0 Å². The van der Waals surface area contributed by atoms with Gasteiger partial charge in [0.15, 0.2) is 0 Å². The van der Waals surface area contributed by atoms with Crippen LogP contribution in [0.3, 0.4) is 0 Å². The Kier molecular flexibility index (Phi) is 2.67. The highest BCUT2D eigenvalue weighted by atomic mass is 32.1. The number of rotatable bonds is 3. The zero-order valence-corrected chi connectivity index (χ0v) is 8.81. The summed E-state index contributed by atoms with van der Waals surface area (Å²) in [5, 5.41) is 4.47. The first-order chi connectivity index (χ1) is 6.31. The molecule has 2 heterocycles. The SMILES string of the molecule is Cc1cscc1CN1CCC1CN. The Morgan fingerprint density at radius 3 is 2.92 bits per heavy atom. The molecule has 1 unspecified atom stereocenters. The van der Waals surface area contributed by atoms with E-state index >= 15 is 0 Å². The molecule has 72 valence electrons. The second kappa shape index (κ2) is 3.78. The smallest absolute Gasteiger partial charge is 0.0248 e. The predicted molar refractivity (Wildman–Crippen MR) is 56.9 cm³/mol. The number of aryl methyl sites for hydroxylation is 1. The molecule has 1 aromatic heterocycles. The van der Waals surface area contributed by atoms with Gasteiger partial charge >= 0.3 is 0 Å². The third-order valence-corrected chi connectivity index (χ3v) is 3.78. The fraction of sp³-hybridized carbons (Fsp3) is 0.600. The van der Waals surface area contributed by atoms with Crippen molar-refractivity contribution in [2.45, 2.75) is 25.9 Å². The van der Waals surface area contributed by atoms with Crippen molar-refractivity contribution in [3.05, 3.63) is 21.9 Å². The van der Waals surface area contributed by atoms with Gasteiger partial charge in [0.25, 0.3) is 0 Å². The fourth-order valence-electron chi connectivity index (χ4n) is 1.74. The average Bonchev–Trinajstić information content (AvgIpc) is 2.46. The Morgan fingerprint density at radius 2 is 2.46 bits per heavy atom. The van der Waals surface area contributed by atoms with Gasteiger partial charge in [-0.3, -0.25) is 4.90 Å². The van der Waals surface area contributed by atoms with Gasteiger partial charge in [0.1, 0.15) is 0 Å². The normalized spacial score (nSPS) is 23.1. The van der Waals surface area contributed by atoms with E-state index in [1.54, 1.807) is 11.3 Å². The van der Waals surface area contributed by atoms with Crippen LogP contribution < -0.4 is 5.73 Å². The summed E-state index contributed by atoms with van der Waals surface area (Å²) in [5.74, 6) is 0. The van der Waals surface area contributed by atoms with Crippen LogP contribution in [0, 0.1) is 6.92 Å². The molecule has 13 heavy (non-hydrogen) atoms. The van der Waals surface area contributed by atoms with Crippen molar-refractivity contribution in [2.24, 2.45) is 5.73 Å². The van der Waals surface area contributed by atoms with E-state index < -0.39 is 0 Å². The maximum Gasteiger partial charge on any atom is 0.0248 e. The molecule has 1 fully saturated rings. The number of nitrogens with zero attached hydrogens (tertiary/aromatic N) is 1. The highest BCUT2D eigenvalue weighted by Crippen LogP contribution is 2.22. The van der Waals surface area contributed by atoms with E-state index in [1.165, 1.54) is 24.1 Å². The Labute approximate surface area is 83.4 Å². The Morgan fingerprint density at radius 1 is 1.62 bits per heavy atom. The molecule has 3 heteroatoms. The second-order valence-electron chi connectivity index (χ2n) is 3.73. The van der Waals surface area contributed by atoms with Gasteiger partial charge in [-0.05, 0) is 35.2 Å². The zero-order valence-electron chi connectivity index (χ0n) is 7.99. The summed E-state index contributed by atoms with van der Waals surface area (Å²) in [6.45, 7) is 5.31. The minimum Gasteiger partial charge on any atom is -0.329 e. The minimum atomic E-state index is 0.638. The van der Waals surface area contributed by atoms with Crippen LogP contribution in [0.15, 0.2) is 10.8 Å². The molecule has 0 aromatic carbocycles. The van der Waals surface area contributed by atoms with Gasteiger partial charge in [0.2, 0.25) is 0 Å². The molecule has 1 atom stereocenters. The highest BCUT2D eigenvalue weighted by Gasteiger charge is 2.26. The topological polar surface area (TPSA) is 29.3 Å². The molecule has 0 bridgehead atoms. The van der Waals surface area contributed by atoms with Gasteiger partial charge in [-0.2, -0.15) is 11.3 Å². The van der Waals surface area contributed by atoms with Crippen LogP contribution in [0.2, 0.25) is 0 Å². The second-order valence-corrected chi connectivity index (χ2v) is 4.47. The Balaban J connectivity index is 1.95. The van der Waals surface area contributed by atoms with Gasteiger partial charge in [-0.15, -0.1) is 0 Å². The van der Waals surface area contributed by atoms with Crippen molar-refractivity contribution in [3.8, 4) is 0 Å². The van der Waals surface area contributed by atoms with Gasteiger partial charge in [0.05, 0.1) is 0 Å². The summed E-state index contributed by atoms with van der Waals surface area (Å²) in [7, 11) is 0. The van der Waals surface area contributed by atoms with Crippen LogP contribution in [-0.2, 0) is 6.54 Å². The maximum absolute atomic E-state index is 5.65. The molecule has 1 saturated heterocycles. The number of hydrogen-bond donors (Lipinski definition) is 1. The molecular formula is C10H16N2S. The lowest BCUT2D eigenvalue weighted by atomic mass is 10.0. The van der Waals surface area contributed by atoms with Gasteiger partial charge in [0, 0.05) is 25.7 Å². The lowest BCUT2D eigenvalue weighted by molar-refractivity contribution is 0.0881. The predicted octanol–water partition coefficient (Wildman–Crippen LogP) is 1.59. The number of nitrogens with two attached hydrogens (primary N) is 1. The molecule has 1 aliphatic rings. The van der Waals surface area contributed by atoms with E-state index in [1.807, 2.05) is 0 Å². The van der Waals surface area contributed by atoms with Crippen LogP contribution in [0.4, 0.5) is 0 Å². The molecule has 0 amide bonds. The van der Waals surface area contributed by atoms with E-state index in [0.717, 1.165) is 13.1 Å². The number of hydrogen-bond acceptors (Lipinski definition) is 3. The lowest BCUT2D eigenvalue weighted by Crippen LogP contribution is -2.50. The van der Waals surface area contributed by atoms with E-state index in [-0.39, 0.29) is 0 Å². The molecule has 2 N–H and O–H groups in total. The molecule has 2 rings (SSSR count). The Bertz CT molecular complexity index is 280. The van der Waals surface area contributed by atoms with Crippen LogP contribution in [-0.4, -0.2) is 24.0 Å². The van der Waals surface area contributed by atoms with E-state index in [2.05, 4.69) is 22.6 Å². The van der Waals surface area contributed by atoms with E-state index in [4.69, 9.17) is 5.73 Å².